The number of amides is 2. The normalized spacial score (nSPS) is 21.5. The molecule has 1 aromatic carbocycles. The largest absolute Gasteiger partial charge is 0.487 e. The maximum Gasteiger partial charge on any atom is 0.255 e. The zero-order chi connectivity index (χ0) is 19.1. The van der Waals surface area contributed by atoms with E-state index in [4.69, 9.17) is 10.5 Å². The van der Waals surface area contributed by atoms with E-state index in [2.05, 4.69) is 5.32 Å². The fraction of sp³-hybridized carbons (Fsp3) is 0.526. The van der Waals surface area contributed by atoms with Gasteiger partial charge in [-0.15, -0.1) is 0 Å². The molecule has 0 aromatic heterocycles. The Hall–Kier alpha value is -2.41. The summed E-state index contributed by atoms with van der Waals surface area (Å²) >= 11 is 0. The van der Waals surface area contributed by atoms with Crippen LogP contribution in [0.1, 0.15) is 60.6 Å². The van der Waals surface area contributed by atoms with Crippen LogP contribution in [-0.4, -0.2) is 41.7 Å². The van der Waals surface area contributed by atoms with Crippen LogP contribution in [0.25, 0.3) is 0 Å². The van der Waals surface area contributed by atoms with E-state index < -0.39 is 11.6 Å². The molecule has 0 saturated heterocycles. The van der Waals surface area contributed by atoms with E-state index in [0.717, 1.165) is 17.4 Å². The summed E-state index contributed by atoms with van der Waals surface area (Å²) in [5, 5.41) is 2.58. The van der Waals surface area contributed by atoms with Gasteiger partial charge in [0.2, 0.25) is 5.91 Å². The van der Waals surface area contributed by atoms with Crippen molar-refractivity contribution in [2.75, 3.05) is 7.05 Å². The number of nitrogens with zero attached hydrogens (tertiary/aromatic N) is 1. The lowest BCUT2D eigenvalue weighted by molar-refractivity contribution is -0.125. The molecule has 7 nitrogen and oxygen atoms in total. The molecule has 2 aliphatic rings. The first-order valence-corrected chi connectivity index (χ1v) is 8.85. The number of ether oxygens (including phenoxy) is 1. The maximum absolute atomic E-state index is 12.9. The van der Waals surface area contributed by atoms with Gasteiger partial charge in [0.05, 0.1) is 6.54 Å². The van der Waals surface area contributed by atoms with E-state index in [1.54, 1.807) is 6.07 Å². The highest BCUT2D eigenvalue weighted by atomic mass is 16.5. The molecular weight excluding hydrogens is 334 g/mol. The van der Waals surface area contributed by atoms with Crippen LogP contribution in [0.3, 0.4) is 0 Å². The third-order valence-corrected chi connectivity index (χ3v) is 5.08. The van der Waals surface area contributed by atoms with Crippen molar-refractivity contribution in [3.05, 3.63) is 28.8 Å². The third kappa shape index (κ3) is 3.07. The first kappa shape index (κ1) is 18.4. The van der Waals surface area contributed by atoms with Gasteiger partial charge in [-0.3, -0.25) is 9.59 Å². The molecule has 1 aromatic rings. The second-order valence-electron chi connectivity index (χ2n) is 7.49. The van der Waals surface area contributed by atoms with Gasteiger partial charge >= 0.3 is 0 Å². The highest BCUT2D eigenvalue weighted by Gasteiger charge is 2.41. The monoisotopic (exact) mass is 359 g/mol. The zero-order valence-corrected chi connectivity index (χ0v) is 15.4. The van der Waals surface area contributed by atoms with Crippen LogP contribution < -0.4 is 15.8 Å². The summed E-state index contributed by atoms with van der Waals surface area (Å²) in [5.74, 6) is 0.163. The summed E-state index contributed by atoms with van der Waals surface area (Å²) in [6.07, 6.45) is 1.95. The van der Waals surface area contributed by atoms with Crippen molar-refractivity contribution in [1.82, 2.24) is 10.2 Å². The maximum atomic E-state index is 12.9. The highest BCUT2D eigenvalue weighted by molar-refractivity contribution is 6.02. The number of likely N-dealkylation sites (N-methyl/N-ethyl adjacent to an activating group) is 1. The Balaban J connectivity index is 1.98. The van der Waals surface area contributed by atoms with Crippen LogP contribution >= 0.6 is 0 Å². The Morgan fingerprint density at radius 2 is 2.23 bits per heavy atom. The van der Waals surface area contributed by atoms with E-state index >= 15 is 0 Å². The van der Waals surface area contributed by atoms with Gasteiger partial charge in [0.15, 0.2) is 0 Å². The Morgan fingerprint density at radius 3 is 2.88 bits per heavy atom. The molecule has 2 heterocycles. The molecule has 2 amide bonds. The lowest BCUT2D eigenvalue weighted by atomic mass is 9.88. The van der Waals surface area contributed by atoms with Crippen molar-refractivity contribution in [3.8, 4) is 5.75 Å². The Bertz CT molecular complexity index is 759. The predicted octanol–water partition coefficient (Wildman–Crippen LogP) is 1.30. The fourth-order valence-electron chi connectivity index (χ4n) is 3.84. The molecule has 2 atom stereocenters. The molecule has 0 bridgehead atoms. The summed E-state index contributed by atoms with van der Waals surface area (Å²) in [4.78, 5) is 37.5. The SMILES string of the molecule is CNC(=O)C(CCC=O)N1Cc2c(ccc3c2OC(C)(C)CC3N)C1=O. The minimum atomic E-state index is -0.689. The van der Waals surface area contributed by atoms with E-state index in [-0.39, 0.29) is 37.2 Å². The lowest BCUT2D eigenvalue weighted by Gasteiger charge is -2.37. The van der Waals surface area contributed by atoms with Gasteiger partial charge in [-0.25, -0.2) is 0 Å². The summed E-state index contributed by atoms with van der Waals surface area (Å²) in [5.41, 5.74) is 8.08. The number of nitrogens with two attached hydrogens (primary N) is 1. The molecule has 26 heavy (non-hydrogen) atoms. The number of hydrogen-bond donors (Lipinski definition) is 2. The van der Waals surface area contributed by atoms with Crippen molar-refractivity contribution in [2.24, 2.45) is 5.73 Å². The van der Waals surface area contributed by atoms with Crippen LogP contribution in [0.4, 0.5) is 0 Å². The van der Waals surface area contributed by atoms with Crippen LogP contribution in [0.5, 0.6) is 5.75 Å². The molecule has 2 aliphatic heterocycles. The minimum Gasteiger partial charge on any atom is -0.487 e. The molecule has 3 rings (SSSR count). The second-order valence-corrected chi connectivity index (χ2v) is 7.49. The highest BCUT2D eigenvalue weighted by Crippen LogP contribution is 2.44. The average molecular weight is 359 g/mol. The summed E-state index contributed by atoms with van der Waals surface area (Å²) in [6, 6.07) is 2.76. The molecule has 7 heteroatoms. The van der Waals surface area contributed by atoms with Gasteiger partial charge in [-0.05, 0) is 26.3 Å². The Kier molecular flexibility index (Phi) is 4.75. The molecule has 0 aliphatic carbocycles. The predicted molar refractivity (Wildman–Crippen MR) is 95.7 cm³/mol. The molecule has 3 N–H and O–H groups in total. The van der Waals surface area contributed by atoms with Gasteiger partial charge in [-0.2, -0.15) is 0 Å². The molecule has 0 spiro atoms. The first-order valence-electron chi connectivity index (χ1n) is 8.85. The first-order chi connectivity index (χ1) is 12.3. The zero-order valence-electron chi connectivity index (χ0n) is 15.4. The topological polar surface area (TPSA) is 102 Å². The second kappa shape index (κ2) is 6.72. The van der Waals surface area contributed by atoms with Gasteiger partial charge in [-0.1, -0.05) is 6.07 Å². The minimum absolute atomic E-state index is 0.159. The number of rotatable bonds is 5. The van der Waals surface area contributed by atoms with E-state index in [1.807, 2.05) is 19.9 Å². The number of benzene rings is 1. The standard InChI is InChI=1S/C19H25N3O4/c1-19(2)9-14(20)12-7-6-11-13(16(12)26-19)10-22(18(11)25)15(5-4-8-23)17(24)21-3/h6-8,14-15H,4-5,9-10,20H2,1-3H3,(H,21,24). The van der Waals surface area contributed by atoms with Crippen molar-refractivity contribution in [2.45, 2.75) is 57.3 Å². The smallest absolute Gasteiger partial charge is 0.255 e. The average Bonchev–Trinajstić information content (AvgIpc) is 2.91. The van der Waals surface area contributed by atoms with Crippen molar-refractivity contribution in [3.63, 3.8) is 0 Å². The molecule has 0 saturated carbocycles. The van der Waals surface area contributed by atoms with E-state index in [0.29, 0.717) is 17.7 Å². The van der Waals surface area contributed by atoms with Crippen molar-refractivity contribution in [1.29, 1.82) is 0 Å². The Morgan fingerprint density at radius 1 is 1.50 bits per heavy atom. The number of nitrogens with one attached hydrogen (secondary N) is 1. The third-order valence-electron chi connectivity index (χ3n) is 5.08. The van der Waals surface area contributed by atoms with Gasteiger partial charge in [0, 0.05) is 42.6 Å². The molecule has 0 radical (unpaired) electrons. The number of carbonyl (C=O) groups excluding carboxylic acids is 3. The number of hydrogen-bond acceptors (Lipinski definition) is 5. The van der Waals surface area contributed by atoms with Crippen molar-refractivity contribution < 1.29 is 19.1 Å². The van der Waals surface area contributed by atoms with Gasteiger partial charge in [0.1, 0.15) is 23.7 Å². The van der Waals surface area contributed by atoms with Crippen LogP contribution in [0, 0.1) is 0 Å². The number of fused-ring (bicyclic) bond motifs is 3. The van der Waals surface area contributed by atoms with Crippen LogP contribution in [-0.2, 0) is 16.1 Å². The molecular formula is C19H25N3O4. The Labute approximate surface area is 152 Å². The number of carbonyl (C=O) groups is 3. The molecule has 0 fully saturated rings. The van der Waals surface area contributed by atoms with Crippen LogP contribution in [0.2, 0.25) is 0 Å². The van der Waals surface area contributed by atoms with E-state index in [1.165, 1.54) is 11.9 Å². The molecule has 140 valence electrons. The summed E-state index contributed by atoms with van der Waals surface area (Å²) in [6.45, 7) is 4.22. The van der Waals surface area contributed by atoms with Gasteiger partial charge < -0.3 is 25.5 Å². The lowest BCUT2D eigenvalue weighted by Crippen LogP contribution is -2.46. The molecule has 2 unspecified atom stereocenters. The van der Waals surface area contributed by atoms with Gasteiger partial charge in [0.25, 0.3) is 5.91 Å². The van der Waals surface area contributed by atoms with Crippen molar-refractivity contribution >= 4 is 18.1 Å². The quantitative estimate of drug-likeness (QED) is 0.772. The van der Waals surface area contributed by atoms with Crippen LogP contribution in [0.15, 0.2) is 12.1 Å². The summed E-state index contributed by atoms with van der Waals surface area (Å²) < 4.78 is 6.16. The number of aldehydes is 1. The summed E-state index contributed by atoms with van der Waals surface area (Å²) in [7, 11) is 1.52. The van der Waals surface area contributed by atoms with E-state index in [9.17, 15) is 14.4 Å². The fourth-order valence-corrected chi connectivity index (χ4v) is 3.84.